The molecule has 0 bridgehead atoms. The first kappa shape index (κ1) is 15.6. The second-order valence-corrected chi connectivity index (χ2v) is 5.58. The maximum atomic E-state index is 11.0. The van der Waals surface area contributed by atoms with Crippen LogP contribution in [0.3, 0.4) is 0 Å². The number of benzene rings is 1. The molecule has 1 aromatic rings. The van der Waals surface area contributed by atoms with Gasteiger partial charge in [-0.15, -0.1) is 0 Å². The van der Waals surface area contributed by atoms with Gasteiger partial charge in [0.05, 0.1) is 17.1 Å². The highest BCUT2D eigenvalue weighted by Gasteiger charge is 2.15. The average molecular weight is 294 g/mol. The van der Waals surface area contributed by atoms with Crippen LogP contribution in [0.2, 0.25) is 0 Å². The minimum atomic E-state index is -0.400. The van der Waals surface area contributed by atoms with Crippen LogP contribution in [0.5, 0.6) is 5.75 Å². The number of anilines is 1. The molecule has 1 aliphatic rings. The number of nitrogens with zero attached hydrogens (tertiary/aromatic N) is 1. The minimum Gasteiger partial charge on any atom is -0.491 e. The second kappa shape index (κ2) is 7.26. The summed E-state index contributed by atoms with van der Waals surface area (Å²) in [6.07, 6.45) is 2.08. The van der Waals surface area contributed by atoms with Gasteiger partial charge < -0.3 is 14.8 Å². The van der Waals surface area contributed by atoms with Gasteiger partial charge in [0.1, 0.15) is 5.75 Å². The summed E-state index contributed by atoms with van der Waals surface area (Å²) in [5.41, 5.74) is 0.763. The van der Waals surface area contributed by atoms with Crippen molar-refractivity contribution in [2.75, 3.05) is 25.1 Å². The fraction of sp³-hybridized carbons (Fsp3) is 0.600. The Morgan fingerprint density at radius 1 is 1.48 bits per heavy atom. The summed E-state index contributed by atoms with van der Waals surface area (Å²) in [5, 5.41) is 14.2. The van der Waals surface area contributed by atoms with Crippen LogP contribution < -0.4 is 10.1 Å². The van der Waals surface area contributed by atoms with E-state index in [1.807, 2.05) is 13.8 Å². The Bertz CT molecular complexity index is 485. The zero-order valence-corrected chi connectivity index (χ0v) is 12.5. The van der Waals surface area contributed by atoms with Crippen LogP contribution in [0.25, 0.3) is 0 Å². The number of ether oxygens (including phenoxy) is 2. The molecule has 1 fully saturated rings. The third kappa shape index (κ3) is 4.90. The van der Waals surface area contributed by atoms with Gasteiger partial charge in [-0.2, -0.15) is 0 Å². The number of non-ortho nitro benzene ring substituents is 1. The van der Waals surface area contributed by atoms with Crippen LogP contribution in [-0.4, -0.2) is 30.8 Å². The van der Waals surface area contributed by atoms with E-state index in [2.05, 4.69) is 5.32 Å². The molecule has 0 amide bonds. The van der Waals surface area contributed by atoms with Crippen LogP contribution in [0.15, 0.2) is 18.2 Å². The lowest BCUT2D eigenvalue weighted by Gasteiger charge is -2.13. The Morgan fingerprint density at radius 2 is 2.29 bits per heavy atom. The van der Waals surface area contributed by atoms with Gasteiger partial charge in [0, 0.05) is 37.6 Å². The smallest absolute Gasteiger partial charge is 0.275 e. The molecule has 0 radical (unpaired) electrons. The van der Waals surface area contributed by atoms with Crippen molar-refractivity contribution in [1.29, 1.82) is 0 Å². The number of hydrogen-bond donors (Lipinski definition) is 1. The molecular weight excluding hydrogens is 272 g/mol. The maximum absolute atomic E-state index is 11.0. The van der Waals surface area contributed by atoms with Gasteiger partial charge in [-0.25, -0.2) is 0 Å². The van der Waals surface area contributed by atoms with Crippen LogP contribution in [0.4, 0.5) is 11.4 Å². The fourth-order valence-corrected chi connectivity index (χ4v) is 2.36. The molecule has 1 aromatic carbocycles. The first-order valence-electron chi connectivity index (χ1n) is 7.32. The molecular formula is C15H22N2O4. The Labute approximate surface area is 124 Å². The summed E-state index contributed by atoms with van der Waals surface area (Å²) in [6.45, 7) is 6.22. The average Bonchev–Trinajstić information content (AvgIpc) is 2.90. The lowest BCUT2D eigenvalue weighted by molar-refractivity contribution is -0.384. The molecule has 0 aromatic heterocycles. The van der Waals surface area contributed by atoms with Crippen molar-refractivity contribution < 1.29 is 14.4 Å². The third-order valence-electron chi connectivity index (χ3n) is 3.38. The van der Waals surface area contributed by atoms with Crippen LogP contribution in [0, 0.1) is 16.0 Å². The number of hydrogen-bond acceptors (Lipinski definition) is 5. The van der Waals surface area contributed by atoms with Gasteiger partial charge in [0.15, 0.2) is 0 Å². The normalized spacial score (nSPS) is 18.0. The highest BCUT2D eigenvalue weighted by atomic mass is 16.6. The number of nitro groups is 1. The van der Waals surface area contributed by atoms with Crippen molar-refractivity contribution in [1.82, 2.24) is 0 Å². The lowest BCUT2D eigenvalue weighted by Crippen LogP contribution is -2.10. The minimum absolute atomic E-state index is 0.0181. The van der Waals surface area contributed by atoms with E-state index < -0.39 is 4.92 Å². The second-order valence-electron chi connectivity index (χ2n) is 5.58. The number of nitro benzene ring substituents is 1. The Morgan fingerprint density at radius 3 is 2.90 bits per heavy atom. The monoisotopic (exact) mass is 294 g/mol. The molecule has 1 unspecified atom stereocenters. The summed E-state index contributed by atoms with van der Waals surface area (Å²) in [7, 11) is 0. The van der Waals surface area contributed by atoms with E-state index in [1.54, 1.807) is 12.1 Å². The van der Waals surface area contributed by atoms with Crippen molar-refractivity contribution in [2.45, 2.75) is 32.8 Å². The lowest BCUT2D eigenvalue weighted by atomic mass is 10.1. The van der Waals surface area contributed by atoms with Crippen molar-refractivity contribution >= 4 is 11.4 Å². The predicted octanol–water partition coefficient (Wildman–Crippen LogP) is 3.22. The summed E-state index contributed by atoms with van der Waals surface area (Å²) in [4.78, 5) is 10.6. The molecule has 1 saturated heterocycles. The standard InChI is InChI=1S/C15H22N2O4/c1-11(2)21-15-8-13(7-14(9-15)17(18)19)16-5-3-12-4-6-20-10-12/h7-9,11-12,16H,3-6,10H2,1-2H3. The summed E-state index contributed by atoms with van der Waals surface area (Å²) in [6, 6.07) is 4.80. The number of nitrogens with one attached hydrogen (secondary N) is 1. The maximum Gasteiger partial charge on any atom is 0.275 e. The molecule has 1 aliphatic heterocycles. The highest BCUT2D eigenvalue weighted by molar-refractivity contribution is 5.56. The fourth-order valence-electron chi connectivity index (χ4n) is 2.36. The van der Waals surface area contributed by atoms with Gasteiger partial charge in [-0.3, -0.25) is 10.1 Å². The molecule has 0 saturated carbocycles. The molecule has 6 nitrogen and oxygen atoms in total. The van der Waals surface area contributed by atoms with Gasteiger partial charge in [0.2, 0.25) is 0 Å². The molecule has 6 heteroatoms. The van der Waals surface area contributed by atoms with Crippen LogP contribution in [0.1, 0.15) is 26.7 Å². The Balaban J connectivity index is 1.99. The molecule has 1 heterocycles. The van der Waals surface area contributed by atoms with Crippen LogP contribution >= 0.6 is 0 Å². The molecule has 1 N–H and O–H groups in total. The Kier molecular flexibility index (Phi) is 5.38. The van der Waals surface area contributed by atoms with E-state index in [0.717, 1.165) is 38.3 Å². The third-order valence-corrected chi connectivity index (χ3v) is 3.38. The SMILES string of the molecule is CC(C)Oc1cc(NCCC2CCOC2)cc([N+](=O)[O-])c1. The quantitative estimate of drug-likeness (QED) is 0.617. The van der Waals surface area contributed by atoms with Crippen molar-refractivity contribution in [2.24, 2.45) is 5.92 Å². The van der Waals surface area contributed by atoms with E-state index >= 15 is 0 Å². The zero-order chi connectivity index (χ0) is 15.2. The zero-order valence-electron chi connectivity index (χ0n) is 12.5. The van der Waals surface area contributed by atoms with E-state index in [0.29, 0.717) is 11.7 Å². The molecule has 0 aliphatic carbocycles. The van der Waals surface area contributed by atoms with Crippen molar-refractivity contribution in [3.05, 3.63) is 28.3 Å². The van der Waals surface area contributed by atoms with E-state index in [4.69, 9.17) is 9.47 Å². The molecule has 2 rings (SSSR count). The largest absolute Gasteiger partial charge is 0.491 e. The topological polar surface area (TPSA) is 73.6 Å². The molecule has 21 heavy (non-hydrogen) atoms. The van der Waals surface area contributed by atoms with Crippen molar-refractivity contribution in [3.63, 3.8) is 0 Å². The van der Waals surface area contributed by atoms with Gasteiger partial charge in [0.25, 0.3) is 5.69 Å². The summed E-state index contributed by atoms with van der Waals surface area (Å²) >= 11 is 0. The summed E-state index contributed by atoms with van der Waals surface area (Å²) in [5.74, 6) is 1.11. The number of rotatable bonds is 7. The van der Waals surface area contributed by atoms with Gasteiger partial charge in [-0.1, -0.05) is 0 Å². The van der Waals surface area contributed by atoms with Crippen molar-refractivity contribution in [3.8, 4) is 5.75 Å². The molecule has 0 spiro atoms. The van der Waals surface area contributed by atoms with Gasteiger partial charge >= 0.3 is 0 Å². The van der Waals surface area contributed by atoms with Crippen LogP contribution in [-0.2, 0) is 4.74 Å². The Hall–Kier alpha value is -1.82. The van der Waals surface area contributed by atoms with E-state index in [9.17, 15) is 10.1 Å². The van der Waals surface area contributed by atoms with E-state index in [-0.39, 0.29) is 11.8 Å². The molecule has 116 valence electrons. The highest BCUT2D eigenvalue weighted by Crippen LogP contribution is 2.27. The summed E-state index contributed by atoms with van der Waals surface area (Å²) < 4.78 is 10.9. The molecule has 1 atom stereocenters. The first-order chi connectivity index (χ1) is 10.0. The van der Waals surface area contributed by atoms with E-state index in [1.165, 1.54) is 6.07 Å². The first-order valence-corrected chi connectivity index (χ1v) is 7.32. The van der Waals surface area contributed by atoms with Gasteiger partial charge in [-0.05, 0) is 32.6 Å². The predicted molar refractivity (Wildman–Crippen MR) is 80.9 cm³/mol.